The second-order valence-corrected chi connectivity index (χ2v) is 6.78. The van der Waals surface area contributed by atoms with Gasteiger partial charge in [-0.2, -0.15) is 4.98 Å². The summed E-state index contributed by atoms with van der Waals surface area (Å²) in [6, 6.07) is 18.4. The third kappa shape index (κ3) is 3.92. The van der Waals surface area contributed by atoms with Crippen molar-refractivity contribution in [3.05, 3.63) is 71.4 Å². The molecule has 0 radical (unpaired) electrons. The minimum Gasteiger partial charge on any atom is -0.492 e. The van der Waals surface area contributed by atoms with Gasteiger partial charge in [-0.1, -0.05) is 60.3 Å². The Bertz CT molecular complexity index is 799. The average molecular weight is 339 g/mol. The zero-order valence-corrected chi connectivity index (χ0v) is 14.7. The van der Waals surface area contributed by atoms with Crippen LogP contribution < -0.4 is 4.90 Å². The van der Waals surface area contributed by atoms with Crippen LogP contribution in [0.25, 0.3) is 0 Å². The second kappa shape index (κ2) is 7.45. The van der Waals surface area contributed by atoms with Gasteiger partial charge in [-0.25, -0.2) is 0 Å². The molecule has 0 atom stereocenters. The molecule has 0 aliphatic carbocycles. The lowest BCUT2D eigenvalue weighted by Gasteiger charge is -2.16. The number of nitrogens with zero attached hydrogens (tertiary/aromatic N) is 2. The Morgan fingerprint density at radius 1 is 1.04 bits per heavy atom. The number of thioether (sulfide) groups is 1. The van der Waals surface area contributed by atoms with Crippen LogP contribution in [0.15, 0.2) is 59.8 Å². The summed E-state index contributed by atoms with van der Waals surface area (Å²) in [5.41, 5.74) is 4.34. The van der Waals surface area contributed by atoms with Gasteiger partial charge in [-0.15, -0.1) is 0 Å². The minimum atomic E-state index is 0.0854. The Morgan fingerprint density at radius 3 is 2.50 bits per heavy atom. The van der Waals surface area contributed by atoms with Gasteiger partial charge in [0.2, 0.25) is 5.88 Å². The molecule has 0 saturated heterocycles. The van der Waals surface area contributed by atoms with E-state index in [2.05, 4.69) is 27.0 Å². The molecule has 124 valence electrons. The number of aromatic nitrogens is 2. The maximum atomic E-state index is 10.1. The fourth-order valence-electron chi connectivity index (χ4n) is 2.58. The maximum absolute atomic E-state index is 10.1. The molecule has 0 spiro atoms. The molecule has 0 bridgehead atoms. The van der Waals surface area contributed by atoms with E-state index in [1.807, 2.05) is 56.6 Å². The lowest BCUT2D eigenvalue weighted by Crippen LogP contribution is -2.10. The number of anilines is 1. The highest BCUT2D eigenvalue weighted by atomic mass is 32.2. The Hall–Kier alpha value is -2.40. The summed E-state index contributed by atoms with van der Waals surface area (Å²) in [5, 5.41) is 10.8. The SMILES string of the molecule is CN(C)c1ccccc1CSc1nc(O)c(Cc2ccccc2)[nH]1. The number of hydrogen-bond acceptors (Lipinski definition) is 4. The Balaban J connectivity index is 1.70. The highest BCUT2D eigenvalue weighted by Crippen LogP contribution is 2.29. The van der Waals surface area contributed by atoms with E-state index in [0.29, 0.717) is 6.42 Å². The van der Waals surface area contributed by atoms with Crippen LogP contribution in [-0.2, 0) is 12.2 Å². The number of rotatable bonds is 6. The number of nitrogens with one attached hydrogen (secondary N) is 1. The zero-order valence-electron chi connectivity index (χ0n) is 13.9. The van der Waals surface area contributed by atoms with Gasteiger partial charge < -0.3 is 15.0 Å². The smallest absolute Gasteiger partial charge is 0.233 e. The molecular formula is C19H21N3OS. The number of aromatic amines is 1. The normalized spacial score (nSPS) is 10.8. The highest BCUT2D eigenvalue weighted by molar-refractivity contribution is 7.98. The summed E-state index contributed by atoms with van der Waals surface area (Å²) in [4.78, 5) is 9.59. The Labute approximate surface area is 146 Å². The summed E-state index contributed by atoms with van der Waals surface area (Å²) < 4.78 is 0. The summed E-state index contributed by atoms with van der Waals surface area (Å²) in [6.45, 7) is 0. The van der Waals surface area contributed by atoms with E-state index in [1.54, 1.807) is 11.8 Å². The van der Waals surface area contributed by atoms with Gasteiger partial charge in [-0.3, -0.25) is 0 Å². The standard InChI is InChI=1S/C19H21N3OS/c1-22(2)17-11-7-6-10-15(17)13-24-19-20-16(18(23)21-19)12-14-8-4-3-5-9-14/h3-11,23H,12-13H2,1-2H3,(H,20,21). The molecule has 3 aromatic rings. The summed E-state index contributed by atoms with van der Waals surface area (Å²) >= 11 is 1.60. The molecular weight excluding hydrogens is 318 g/mol. The third-order valence-corrected chi connectivity index (χ3v) is 4.72. The van der Waals surface area contributed by atoms with Gasteiger partial charge in [-0.05, 0) is 17.2 Å². The minimum absolute atomic E-state index is 0.0854. The first kappa shape index (κ1) is 16.5. The van der Waals surface area contributed by atoms with Crippen molar-refractivity contribution in [1.29, 1.82) is 0 Å². The van der Waals surface area contributed by atoms with Crippen molar-refractivity contribution in [2.45, 2.75) is 17.3 Å². The molecule has 0 unspecified atom stereocenters. The van der Waals surface area contributed by atoms with Gasteiger partial charge in [0.05, 0.1) is 5.69 Å². The summed E-state index contributed by atoms with van der Waals surface area (Å²) in [7, 11) is 4.08. The highest BCUT2D eigenvalue weighted by Gasteiger charge is 2.11. The van der Waals surface area contributed by atoms with Crippen LogP contribution in [0.5, 0.6) is 5.88 Å². The van der Waals surface area contributed by atoms with Crippen LogP contribution in [0, 0.1) is 0 Å². The topological polar surface area (TPSA) is 52.1 Å². The number of aromatic hydroxyl groups is 1. The van der Waals surface area contributed by atoms with Gasteiger partial charge in [0.25, 0.3) is 0 Å². The van der Waals surface area contributed by atoms with Gasteiger partial charge >= 0.3 is 0 Å². The first-order valence-electron chi connectivity index (χ1n) is 7.83. The molecule has 0 saturated carbocycles. The van der Waals surface area contributed by atoms with Crippen LogP contribution in [0.1, 0.15) is 16.8 Å². The van der Waals surface area contributed by atoms with Gasteiger partial charge in [0.15, 0.2) is 5.16 Å². The van der Waals surface area contributed by atoms with Crippen LogP contribution in [0.3, 0.4) is 0 Å². The molecule has 4 nitrogen and oxygen atoms in total. The number of benzene rings is 2. The molecule has 0 fully saturated rings. The van der Waals surface area contributed by atoms with E-state index in [-0.39, 0.29) is 5.88 Å². The van der Waals surface area contributed by atoms with Crippen molar-refractivity contribution in [2.24, 2.45) is 0 Å². The van der Waals surface area contributed by atoms with Crippen molar-refractivity contribution in [3.63, 3.8) is 0 Å². The van der Waals surface area contributed by atoms with E-state index < -0.39 is 0 Å². The van der Waals surface area contributed by atoms with E-state index in [9.17, 15) is 5.11 Å². The summed E-state index contributed by atoms with van der Waals surface area (Å²) in [6.07, 6.45) is 0.647. The molecule has 2 N–H and O–H groups in total. The summed E-state index contributed by atoms with van der Waals surface area (Å²) in [5.74, 6) is 0.883. The first-order chi connectivity index (χ1) is 11.6. The van der Waals surface area contributed by atoms with Crippen molar-refractivity contribution >= 4 is 17.4 Å². The molecule has 3 rings (SSSR count). The molecule has 1 aromatic heterocycles. The van der Waals surface area contributed by atoms with Crippen molar-refractivity contribution in [1.82, 2.24) is 9.97 Å². The number of H-pyrrole nitrogens is 1. The van der Waals surface area contributed by atoms with Crippen molar-refractivity contribution in [3.8, 4) is 5.88 Å². The second-order valence-electron chi connectivity index (χ2n) is 5.82. The fourth-order valence-corrected chi connectivity index (χ4v) is 3.47. The van der Waals surface area contributed by atoms with Gasteiger partial charge in [0, 0.05) is 32.0 Å². The number of para-hydroxylation sites is 1. The predicted octanol–water partition coefficient (Wildman–Crippen LogP) is 4.06. The lowest BCUT2D eigenvalue weighted by molar-refractivity contribution is 0.448. The van der Waals surface area contributed by atoms with E-state index in [1.165, 1.54) is 11.3 Å². The third-order valence-electron chi connectivity index (χ3n) is 3.80. The lowest BCUT2D eigenvalue weighted by atomic mass is 10.1. The van der Waals surface area contributed by atoms with E-state index in [4.69, 9.17) is 0 Å². The molecule has 24 heavy (non-hydrogen) atoms. The predicted molar refractivity (Wildman–Crippen MR) is 99.8 cm³/mol. The quantitative estimate of drug-likeness (QED) is 0.665. The van der Waals surface area contributed by atoms with Crippen LogP contribution in [-0.4, -0.2) is 29.2 Å². The van der Waals surface area contributed by atoms with Crippen molar-refractivity contribution < 1.29 is 5.11 Å². The van der Waals surface area contributed by atoms with Gasteiger partial charge in [0.1, 0.15) is 0 Å². The van der Waals surface area contributed by atoms with E-state index >= 15 is 0 Å². The number of hydrogen-bond donors (Lipinski definition) is 2. The van der Waals surface area contributed by atoms with Crippen LogP contribution in [0.4, 0.5) is 5.69 Å². The Kier molecular flexibility index (Phi) is 5.11. The van der Waals surface area contributed by atoms with E-state index in [0.717, 1.165) is 22.2 Å². The molecule has 2 aromatic carbocycles. The van der Waals surface area contributed by atoms with Crippen LogP contribution >= 0.6 is 11.8 Å². The molecule has 0 aliphatic heterocycles. The average Bonchev–Trinajstić information content (AvgIpc) is 2.94. The molecule has 0 aliphatic rings. The zero-order chi connectivity index (χ0) is 16.9. The molecule has 5 heteroatoms. The number of imidazole rings is 1. The first-order valence-corrected chi connectivity index (χ1v) is 8.82. The molecule has 0 amide bonds. The van der Waals surface area contributed by atoms with Crippen LogP contribution in [0.2, 0.25) is 0 Å². The maximum Gasteiger partial charge on any atom is 0.233 e. The Morgan fingerprint density at radius 2 is 1.75 bits per heavy atom. The largest absolute Gasteiger partial charge is 0.492 e. The van der Waals surface area contributed by atoms with Crippen molar-refractivity contribution in [2.75, 3.05) is 19.0 Å². The monoisotopic (exact) mass is 339 g/mol. The molecule has 1 heterocycles. The fraction of sp³-hybridized carbons (Fsp3) is 0.211.